The fourth-order valence-electron chi connectivity index (χ4n) is 3.58. The van der Waals surface area contributed by atoms with Gasteiger partial charge in [-0.3, -0.25) is 14.8 Å². The van der Waals surface area contributed by atoms with E-state index in [1.807, 2.05) is 134 Å². The van der Waals surface area contributed by atoms with E-state index in [1.54, 1.807) is 0 Å². The molecule has 0 aliphatic heterocycles. The summed E-state index contributed by atoms with van der Waals surface area (Å²) in [4.78, 5) is 19.9. The number of carbonyl (C=O) groups is 1. The van der Waals surface area contributed by atoms with Gasteiger partial charge in [-0.25, -0.2) is 0 Å². The van der Waals surface area contributed by atoms with Crippen LogP contribution in [-0.2, 0) is 0 Å². The molecule has 0 saturated heterocycles. The summed E-state index contributed by atoms with van der Waals surface area (Å²) < 4.78 is 0. The number of hydrogen-bond donors (Lipinski definition) is 0. The van der Waals surface area contributed by atoms with Gasteiger partial charge in [-0.15, -0.1) is 0 Å². The zero-order valence-electron chi connectivity index (χ0n) is 19.3. The molecule has 35 heavy (non-hydrogen) atoms. The molecule has 0 aliphatic carbocycles. The fourth-order valence-corrected chi connectivity index (χ4v) is 3.58. The standard InChI is InChI=1S/C21H18N2.C11H8O/c1-4-10-18(11-5-1)16-22-21(20-14-8-3-9-15-20)23-17-19-12-6-2-7-13-19;12-8-10-6-3-5-9-4-1-2-7-11(9)10/h1-17,21H;1-8H. The van der Waals surface area contributed by atoms with Gasteiger partial charge in [-0.1, -0.05) is 133 Å². The summed E-state index contributed by atoms with van der Waals surface area (Å²) in [7, 11) is 0. The van der Waals surface area contributed by atoms with Crippen LogP contribution in [0.3, 0.4) is 0 Å². The van der Waals surface area contributed by atoms with E-state index < -0.39 is 0 Å². The van der Waals surface area contributed by atoms with Gasteiger partial charge in [0.2, 0.25) is 0 Å². The second-order valence-electron chi connectivity index (χ2n) is 7.85. The summed E-state index contributed by atoms with van der Waals surface area (Å²) in [6.45, 7) is 0. The third-order valence-electron chi connectivity index (χ3n) is 5.38. The van der Waals surface area contributed by atoms with E-state index in [2.05, 4.69) is 22.1 Å². The Hall–Kier alpha value is -4.63. The predicted octanol–water partition coefficient (Wildman–Crippen LogP) is 7.58. The van der Waals surface area contributed by atoms with Crippen molar-refractivity contribution in [3.63, 3.8) is 0 Å². The van der Waals surface area contributed by atoms with Gasteiger partial charge in [-0.05, 0) is 27.5 Å². The molecule has 5 aromatic carbocycles. The first-order valence-electron chi connectivity index (χ1n) is 11.5. The van der Waals surface area contributed by atoms with Crippen molar-refractivity contribution in [1.29, 1.82) is 0 Å². The molecule has 3 nitrogen and oxygen atoms in total. The van der Waals surface area contributed by atoms with Crippen LogP contribution in [0.15, 0.2) is 143 Å². The SMILES string of the molecule is C(=NC(N=Cc1ccccc1)c1ccccc1)c1ccccc1.O=Cc1cccc2ccccc12. The van der Waals surface area contributed by atoms with Gasteiger partial charge in [0.05, 0.1) is 0 Å². The maximum atomic E-state index is 10.6. The van der Waals surface area contributed by atoms with E-state index in [4.69, 9.17) is 0 Å². The van der Waals surface area contributed by atoms with Crippen molar-refractivity contribution in [2.75, 3.05) is 0 Å². The summed E-state index contributed by atoms with van der Waals surface area (Å²) in [5.74, 6) is 0. The molecule has 0 saturated carbocycles. The van der Waals surface area contributed by atoms with Crippen molar-refractivity contribution in [3.05, 3.63) is 156 Å². The largest absolute Gasteiger partial charge is 0.298 e. The number of rotatable bonds is 6. The lowest BCUT2D eigenvalue weighted by Gasteiger charge is -2.07. The molecule has 0 radical (unpaired) electrons. The summed E-state index contributed by atoms with van der Waals surface area (Å²) in [6, 6.07) is 43.9. The van der Waals surface area contributed by atoms with Crippen LogP contribution < -0.4 is 0 Å². The number of nitrogens with zero attached hydrogens (tertiary/aromatic N) is 2. The van der Waals surface area contributed by atoms with Crippen molar-refractivity contribution < 1.29 is 4.79 Å². The summed E-state index contributed by atoms with van der Waals surface area (Å²) >= 11 is 0. The van der Waals surface area contributed by atoms with Gasteiger partial charge >= 0.3 is 0 Å². The quantitative estimate of drug-likeness (QED) is 0.193. The van der Waals surface area contributed by atoms with Crippen molar-refractivity contribution in [3.8, 4) is 0 Å². The second-order valence-corrected chi connectivity index (χ2v) is 7.85. The highest BCUT2D eigenvalue weighted by Crippen LogP contribution is 2.19. The lowest BCUT2D eigenvalue weighted by molar-refractivity contribution is 0.112. The fraction of sp³-hybridized carbons (Fsp3) is 0.0312. The lowest BCUT2D eigenvalue weighted by Crippen LogP contribution is -1.94. The Morgan fingerprint density at radius 1 is 0.514 bits per heavy atom. The molecule has 0 unspecified atom stereocenters. The first kappa shape index (κ1) is 23.5. The highest BCUT2D eigenvalue weighted by atomic mass is 16.1. The Labute approximate surface area is 206 Å². The average molecular weight is 455 g/mol. The first-order valence-corrected chi connectivity index (χ1v) is 11.5. The van der Waals surface area contributed by atoms with E-state index in [-0.39, 0.29) is 6.17 Å². The number of carbonyl (C=O) groups excluding carboxylic acids is 1. The van der Waals surface area contributed by atoms with Crippen molar-refractivity contribution in [2.45, 2.75) is 6.17 Å². The van der Waals surface area contributed by atoms with Gasteiger partial charge in [0, 0.05) is 18.0 Å². The van der Waals surface area contributed by atoms with E-state index in [9.17, 15) is 4.79 Å². The Morgan fingerprint density at radius 3 is 1.57 bits per heavy atom. The molecule has 0 N–H and O–H groups in total. The zero-order valence-corrected chi connectivity index (χ0v) is 19.3. The highest BCUT2D eigenvalue weighted by Gasteiger charge is 2.05. The molecule has 3 heteroatoms. The summed E-state index contributed by atoms with van der Waals surface area (Å²) in [5.41, 5.74) is 3.98. The molecule has 0 amide bonds. The molecule has 5 aromatic rings. The maximum Gasteiger partial charge on any atom is 0.165 e. The second kappa shape index (κ2) is 12.6. The van der Waals surface area contributed by atoms with E-state index in [0.29, 0.717) is 0 Å². The molecule has 170 valence electrons. The van der Waals surface area contributed by atoms with Crippen LogP contribution in [0.4, 0.5) is 0 Å². The molecule has 0 fully saturated rings. The molecule has 5 rings (SSSR count). The van der Waals surface area contributed by atoms with Gasteiger partial charge in [0.1, 0.15) is 0 Å². The predicted molar refractivity (Wildman–Crippen MR) is 147 cm³/mol. The average Bonchev–Trinajstić information content (AvgIpc) is 2.95. The van der Waals surface area contributed by atoms with Crippen LogP contribution >= 0.6 is 0 Å². The number of aliphatic imine (C=N–C) groups is 2. The molecular weight excluding hydrogens is 428 g/mol. The van der Waals surface area contributed by atoms with Crippen LogP contribution in [0.1, 0.15) is 33.2 Å². The van der Waals surface area contributed by atoms with Crippen LogP contribution in [0.2, 0.25) is 0 Å². The molecule has 0 atom stereocenters. The molecule has 0 bridgehead atoms. The Bertz CT molecular complexity index is 1340. The monoisotopic (exact) mass is 454 g/mol. The van der Waals surface area contributed by atoms with Crippen LogP contribution in [-0.4, -0.2) is 18.7 Å². The summed E-state index contributed by atoms with van der Waals surface area (Å²) in [5, 5.41) is 2.14. The van der Waals surface area contributed by atoms with E-state index >= 15 is 0 Å². The Balaban J connectivity index is 0.000000201. The van der Waals surface area contributed by atoms with Crippen LogP contribution in [0, 0.1) is 0 Å². The number of aldehydes is 1. The van der Waals surface area contributed by atoms with Crippen molar-refractivity contribution >= 4 is 29.5 Å². The number of benzene rings is 5. The van der Waals surface area contributed by atoms with E-state index in [1.165, 1.54) is 0 Å². The minimum Gasteiger partial charge on any atom is -0.298 e. The smallest absolute Gasteiger partial charge is 0.165 e. The topological polar surface area (TPSA) is 41.8 Å². The molecule has 0 spiro atoms. The lowest BCUT2D eigenvalue weighted by atomic mass is 10.1. The third kappa shape index (κ3) is 6.92. The molecule has 0 heterocycles. The van der Waals surface area contributed by atoms with Gasteiger partial charge in [0.25, 0.3) is 0 Å². The molecule has 0 aliphatic rings. The van der Waals surface area contributed by atoms with Crippen molar-refractivity contribution in [1.82, 2.24) is 0 Å². The minimum atomic E-state index is -0.239. The normalized spacial score (nSPS) is 11.8. The Kier molecular flexibility index (Phi) is 8.45. The first-order chi connectivity index (χ1) is 17.3. The highest BCUT2D eigenvalue weighted by molar-refractivity contribution is 5.97. The van der Waals surface area contributed by atoms with Crippen LogP contribution in [0.25, 0.3) is 10.8 Å². The zero-order chi connectivity index (χ0) is 24.1. The van der Waals surface area contributed by atoms with Crippen LogP contribution in [0.5, 0.6) is 0 Å². The van der Waals surface area contributed by atoms with Crippen molar-refractivity contribution in [2.24, 2.45) is 9.98 Å². The van der Waals surface area contributed by atoms with Gasteiger partial charge in [-0.2, -0.15) is 0 Å². The Morgan fingerprint density at radius 2 is 1.00 bits per heavy atom. The molecule has 0 aromatic heterocycles. The maximum absolute atomic E-state index is 10.6. The minimum absolute atomic E-state index is 0.239. The molecular formula is C32H26N2O. The summed E-state index contributed by atoms with van der Waals surface area (Å²) in [6.07, 6.45) is 4.40. The van der Waals surface area contributed by atoms with E-state index in [0.717, 1.165) is 39.3 Å². The van der Waals surface area contributed by atoms with Gasteiger partial charge in [0.15, 0.2) is 12.5 Å². The van der Waals surface area contributed by atoms with Gasteiger partial charge < -0.3 is 0 Å². The number of hydrogen-bond acceptors (Lipinski definition) is 3. The third-order valence-corrected chi connectivity index (χ3v) is 5.38. The number of fused-ring (bicyclic) bond motifs is 1.